The summed E-state index contributed by atoms with van der Waals surface area (Å²) in [5, 5.41) is 3.65. The smallest absolute Gasteiger partial charge is 0.236 e. The van der Waals surface area contributed by atoms with Gasteiger partial charge in [0.2, 0.25) is 5.91 Å². The van der Waals surface area contributed by atoms with Crippen LogP contribution in [-0.2, 0) is 11.3 Å². The molecule has 0 radical (unpaired) electrons. The summed E-state index contributed by atoms with van der Waals surface area (Å²) in [6.45, 7) is 4.02. The highest BCUT2D eigenvalue weighted by Crippen LogP contribution is 2.12. The molecule has 0 aliphatic heterocycles. The molecule has 19 heavy (non-hydrogen) atoms. The van der Waals surface area contributed by atoms with Crippen LogP contribution in [0.15, 0.2) is 24.3 Å². The Balaban J connectivity index is 2.61. The normalized spacial score (nSPS) is 10.5. The fourth-order valence-corrected chi connectivity index (χ4v) is 2.04. The maximum atomic E-state index is 12.0. The van der Waals surface area contributed by atoms with Gasteiger partial charge in [0.25, 0.3) is 0 Å². The highest BCUT2D eigenvalue weighted by Gasteiger charge is 2.12. The van der Waals surface area contributed by atoms with Crippen molar-refractivity contribution in [2.24, 2.45) is 0 Å². The predicted octanol–water partition coefficient (Wildman–Crippen LogP) is 3.08. The van der Waals surface area contributed by atoms with E-state index in [2.05, 4.69) is 12.2 Å². The van der Waals surface area contributed by atoms with E-state index in [-0.39, 0.29) is 5.91 Å². The van der Waals surface area contributed by atoms with Crippen molar-refractivity contribution in [3.8, 4) is 0 Å². The van der Waals surface area contributed by atoms with Crippen molar-refractivity contribution >= 4 is 17.5 Å². The number of unbranched alkanes of at least 4 members (excludes halogenated alkanes) is 2. The van der Waals surface area contributed by atoms with Crippen LogP contribution in [0.1, 0.15) is 31.7 Å². The third kappa shape index (κ3) is 6.08. The largest absolute Gasteiger partial charge is 0.337 e. The summed E-state index contributed by atoms with van der Waals surface area (Å²) in [6.07, 6.45) is 3.37. The van der Waals surface area contributed by atoms with Crippen LogP contribution in [0.3, 0.4) is 0 Å². The van der Waals surface area contributed by atoms with Crippen LogP contribution < -0.4 is 5.32 Å². The first-order valence-electron chi connectivity index (χ1n) is 6.84. The van der Waals surface area contributed by atoms with E-state index in [1.165, 1.54) is 0 Å². The van der Waals surface area contributed by atoms with Gasteiger partial charge in [-0.15, -0.1) is 0 Å². The molecule has 0 bridgehead atoms. The second kappa shape index (κ2) is 8.94. The fourth-order valence-electron chi connectivity index (χ4n) is 1.92. The molecule has 4 heteroatoms. The molecule has 0 fully saturated rings. The number of rotatable bonds is 8. The van der Waals surface area contributed by atoms with Crippen LogP contribution in [-0.4, -0.2) is 30.9 Å². The Bertz CT molecular complexity index is 378. The number of amides is 1. The lowest BCUT2D eigenvalue weighted by molar-refractivity contribution is -0.130. The van der Waals surface area contributed by atoms with Gasteiger partial charge in [-0.25, -0.2) is 0 Å². The molecule has 0 unspecified atom stereocenters. The van der Waals surface area contributed by atoms with Crippen LogP contribution >= 0.6 is 11.6 Å². The minimum atomic E-state index is 0.147. The van der Waals surface area contributed by atoms with Crippen molar-refractivity contribution in [2.45, 2.75) is 32.7 Å². The highest BCUT2D eigenvalue weighted by molar-refractivity contribution is 6.30. The lowest BCUT2D eigenvalue weighted by Gasteiger charge is -2.23. The van der Waals surface area contributed by atoms with E-state index in [4.69, 9.17) is 11.6 Å². The molecular weight excluding hydrogens is 260 g/mol. The van der Waals surface area contributed by atoms with Gasteiger partial charge in [-0.05, 0) is 31.2 Å². The third-order valence-corrected chi connectivity index (χ3v) is 3.25. The van der Waals surface area contributed by atoms with Crippen molar-refractivity contribution < 1.29 is 4.79 Å². The van der Waals surface area contributed by atoms with Gasteiger partial charge >= 0.3 is 0 Å². The van der Waals surface area contributed by atoms with Crippen molar-refractivity contribution in [2.75, 3.05) is 20.1 Å². The van der Waals surface area contributed by atoms with E-state index in [0.29, 0.717) is 13.1 Å². The minimum absolute atomic E-state index is 0.147. The number of benzene rings is 1. The maximum absolute atomic E-state index is 12.0. The van der Waals surface area contributed by atoms with Crippen molar-refractivity contribution in [3.05, 3.63) is 34.9 Å². The second-order valence-corrected chi connectivity index (χ2v) is 5.12. The number of nitrogens with zero attached hydrogens (tertiary/aromatic N) is 1. The van der Waals surface area contributed by atoms with E-state index >= 15 is 0 Å². The van der Waals surface area contributed by atoms with Crippen LogP contribution in [0.4, 0.5) is 0 Å². The van der Waals surface area contributed by atoms with Crippen LogP contribution in [0.5, 0.6) is 0 Å². The van der Waals surface area contributed by atoms with E-state index in [1.54, 1.807) is 7.05 Å². The summed E-state index contributed by atoms with van der Waals surface area (Å²) >= 11 is 5.87. The lowest BCUT2D eigenvalue weighted by Crippen LogP contribution is -2.37. The van der Waals surface area contributed by atoms with Crippen LogP contribution in [0, 0.1) is 0 Å². The van der Waals surface area contributed by atoms with Gasteiger partial charge in [-0.3, -0.25) is 4.79 Å². The molecular formula is C15H23ClN2O. The minimum Gasteiger partial charge on any atom is -0.337 e. The quantitative estimate of drug-likeness (QED) is 0.743. The van der Waals surface area contributed by atoms with E-state index in [9.17, 15) is 4.79 Å². The summed E-state index contributed by atoms with van der Waals surface area (Å²) in [6, 6.07) is 7.68. The number of carbonyl (C=O) groups is 1. The number of hydrogen-bond acceptors (Lipinski definition) is 2. The first-order valence-corrected chi connectivity index (χ1v) is 7.22. The summed E-state index contributed by atoms with van der Waals surface area (Å²) in [4.78, 5) is 14.0. The van der Waals surface area contributed by atoms with Crippen molar-refractivity contribution in [3.63, 3.8) is 0 Å². The average Bonchev–Trinajstić information content (AvgIpc) is 2.40. The SMILES string of the molecule is CCCCCN(Cc1ccc(Cl)cc1)C(=O)CNC. The highest BCUT2D eigenvalue weighted by atomic mass is 35.5. The molecule has 0 atom stereocenters. The topological polar surface area (TPSA) is 32.3 Å². The van der Waals surface area contributed by atoms with Crippen molar-refractivity contribution in [1.82, 2.24) is 10.2 Å². The Morgan fingerprint density at radius 3 is 2.53 bits per heavy atom. The van der Waals surface area contributed by atoms with Crippen molar-refractivity contribution in [1.29, 1.82) is 0 Å². The lowest BCUT2D eigenvalue weighted by atomic mass is 10.2. The molecule has 3 nitrogen and oxygen atoms in total. The average molecular weight is 283 g/mol. The molecule has 0 saturated heterocycles. The standard InChI is InChI=1S/C15H23ClN2O/c1-3-4-5-10-18(15(19)11-17-2)12-13-6-8-14(16)9-7-13/h6-9,17H,3-5,10-12H2,1-2H3. The molecule has 0 spiro atoms. The zero-order chi connectivity index (χ0) is 14.1. The molecule has 0 aliphatic carbocycles. The molecule has 0 aliphatic rings. The summed E-state index contributed by atoms with van der Waals surface area (Å²) in [5.74, 6) is 0.147. The Morgan fingerprint density at radius 1 is 1.26 bits per heavy atom. The molecule has 1 aromatic carbocycles. The number of nitrogens with one attached hydrogen (secondary N) is 1. The molecule has 1 N–H and O–H groups in total. The zero-order valence-electron chi connectivity index (χ0n) is 11.8. The number of hydrogen-bond donors (Lipinski definition) is 1. The zero-order valence-corrected chi connectivity index (χ0v) is 12.5. The summed E-state index contributed by atoms with van der Waals surface area (Å²) < 4.78 is 0. The third-order valence-electron chi connectivity index (χ3n) is 3.00. The Hall–Kier alpha value is -1.06. The van der Waals surface area contributed by atoms with Gasteiger partial charge in [0.05, 0.1) is 6.54 Å². The van der Waals surface area contributed by atoms with Gasteiger partial charge in [0.15, 0.2) is 0 Å². The number of carbonyl (C=O) groups excluding carboxylic acids is 1. The van der Waals surface area contributed by atoms with Gasteiger partial charge in [-0.1, -0.05) is 43.5 Å². The van der Waals surface area contributed by atoms with Crippen LogP contribution in [0.2, 0.25) is 5.02 Å². The monoisotopic (exact) mass is 282 g/mol. The maximum Gasteiger partial charge on any atom is 0.236 e. The molecule has 1 amide bonds. The fraction of sp³-hybridized carbons (Fsp3) is 0.533. The second-order valence-electron chi connectivity index (χ2n) is 4.68. The predicted molar refractivity (Wildman–Crippen MR) is 80.3 cm³/mol. The molecule has 0 saturated carbocycles. The molecule has 1 aromatic rings. The first-order chi connectivity index (χ1) is 9.17. The molecule has 0 heterocycles. The van der Waals surface area contributed by atoms with Gasteiger partial charge in [-0.2, -0.15) is 0 Å². The van der Waals surface area contributed by atoms with Gasteiger partial charge in [0, 0.05) is 18.1 Å². The number of halogens is 1. The first kappa shape index (κ1) is 16.0. The molecule has 106 valence electrons. The Morgan fingerprint density at radius 2 is 1.95 bits per heavy atom. The van der Waals surface area contributed by atoms with Gasteiger partial charge in [0.1, 0.15) is 0 Å². The molecule has 0 aromatic heterocycles. The Labute approximate surface area is 120 Å². The van der Waals surface area contributed by atoms with E-state index in [1.807, 2.05) is 29.2 Å². The van der Waals surface area contributed by atoms with E-state index < -0.39 is 0 Å². The van der Waals surface area contributed by atoms with Crippen LogP contribution in [0.25, 0.3) is 0 Å². The number of likely N-dealkylation sites (N-methyl/N-ethyl adjacent to an activating group) is 1. The summed E-state index contributed by atoms with van der Waals surface area (Å²) in [5.41, 5.74) is 1.12. The van der Waals surface area contributed by atoms with E-state index in [0.717, 1.165) is 36.4 Å². The van der Waals surface area contributed by atoms with Gasteiger partial charge < -0.3 is 10.2 Å². The summed E-state index contributed by atoms with van der Waals surface area (Å²) in [7, 11) is 1.80. The Kier molecular flexibility index (Phi) is 7.53. The molecule has 1 rings (SSSR count).